The number of Topliss-reactive ketones (excluding diaryl/α,β-unsaturated/α-hetero) is 1. The first-order valence-corrected chi connectivity index (χ1v) is 8.85. The molecule has 0 bridgehead atoms. The van der Waals surface area contributed by atoms with Crippen LogP contribution in [0.2, 0.25) is 0 Å². The lowest BCUT2D eigenvalue weighted by Gasteiger charge is -2.17. The van der Waals surface area contributed by atoms with Gasteiger partial charge in [-0.1, -0.05) is 24.3 Å². The zero-order valence-electron chi connectivity index (χ0n) is 12.9. The Balaban J connectivity index is 2.73. The average Bonchev–Trinajstić information content (AvgIpc) is 2.41. The fourth-order valence-corrected chi connectivity index (χ4v) is 3.63. The van der Waals surface area contributed by atoms with Crippen molar-refractivity contribution in [1.29, 1.82) is 0 Å². The third-order valence-electron chi connectivity index (χ3n) is 3.03. The first-order valence-electron chi connectivity index (χ1n) is 7.12. The molecule has 0 aromatic heterocycles. The Kier molecular flexibility index (Phi) is 7.26. The second kappa shape index (κ2) is 8.44. The van der Waals surface area contributed by atoms with Crippen LogP contribution >= 0.6 is 7.60 Å². The quantitative estimate of drug-likeness (QED) is 0.709. The molecule has 0 aliphatic carbocycles. The summed E-state index contributed by atoms with van der Waals surface area (Å²) >= 11 is 0. The van der Waals surface area contributed by atoms with Crippen LogP contribution in [0, 0.1) is 0 Å². The van der Waals surface area contributed by atoms with Gasteiger partial charge in [-0.2, -0.15) is 0 Å². The maximum absolute atomic E-state index is 12.4. The topological polar surface area (TPSA) is 78.6 Å². The summed E-state index contributed by atoms with van der Waals surface area (Å²) in [6, 6.07) is 7.04. The molecule has 1 rings (SSSR count). The monoisotopic (exact) mass is 313 g/mol. The largest absolute Gasteiger partial charge is 0.335 e. The molecule has 118 valence electrons. The van der Waals surface area contributed by atoms with E-state index in [1.54, 1.807) is 13.8 Å². The standard InChI is InChI=1S/C15H24NO4P/c1-4-19-21(18,20-5-2)11-14-8-6-13(7-9-14)10-15(16)12(3)17/h6-9,15H,4-5,10-11,16H2,1-3H3/t15-/m0/s1. The van der Waals surface area contributed by atoms with Crippen LogP contribution in [0.4, 0.5) is 0 Å². The molecule has 0 aliphatic heterocycles. The highest BCUT2D eigenvalue weighted by atomic mass is 31.2. The van der Waals surface area contributed by atoms with Crippen LogP contribution in [0.3, 0.4) is 0 Å². The molecule has 5 nitrogen and oxygen atoms in total. The lowest BCUT2D eigenvalue weighted by atomic mass is 10.0. The molecule has 0 spiro atoms. The third kappa shape index (κ3) is 6.10. The number of ketones is 1. The molecule has 0 saturated carbocycles. The first-order chi connectivity index (χ1) is 9.90. The van der Waals surface area contributed by atoms with Crippen molar-refractivity contribution in [1.82, 2.24) is 0 Å². The van der Waals surface area contributed by atoms with E-state index in [1.807, 2.05) is 24.3 Å². The van der Waals surface area contributed by atoms with Crippen LogP contribution in [-0.4, -0.2) is 25.0 Å². The fourth-order valence-electron chi connectivity index (χ4n) is 1.92. The van der Waals surface area contributed by atoms with Crippen LogP contribution in [0.1, 0.15) is 31.9 Å². The molecule has 1 aromatic carbocycles. The molecular weight excluding hydrogens is 289 g/mol. The summed E-state index contributed by atoms with van der Waals surface area (Å²) in [5, 5.41) is 0. The second-order valence-electron chi connectivity index (χ2n) is 4.84. The first kappa shape index (κ1) is 18.1. The van der Waals surface area contributed by atoms with Crippen LogP contribution in [0.25, 0.3) is 0 Å². The number of hydrogen-bond acceptors (Lipinski definition) is 5. The number of benzene rings is 1. The summed E-state index contributed by atoms with van der Waals surface area (Å²) in [7, 11) is -3.08. The maximum atomic E-state index is 12.4. The zero-order chi connectivity index (χ0) is 15.9. The molecule has 1 atom stereocenters. The minimum Gasteiger partial charge on any atom is -0.321 e. The van der Waals surface area contributed by atoms with Gasteiger partial charge in [-0.15, -0.1) is 0 Å². The molecule has 0 radical (unpaired) electrons. The summed E-state index contributed by atoms with van der Waals surface area (Å²) in [6.07, 6.45) is 0.748. The lowest BCUT2D eigenvalue weighted by molar-refractivity contribution is -0.118. The predicted octanol–water partition coefficient (Wildman–Crippen LogP) is 2.91. The normalized spacial score (nSPS) is 13.1. The smallest absolute Gasteiger partial charge is 0.321 e. The Morgan fingerprint density at radius 2 is 1.62 bits per heavy atom. The summed E-state index contributed by atoms with van der Waals surface area (Å²) in [6.45, 7) is 5.76. The van der Waals surface area contributed by atoms with Gasteiger partial charge in [-0.05, 0) is 38.3 Å². The van der Waals surface area contributed by atoms with Gasteiger partial charge in [0.2, 0.25) is 0 Å². The van der Waals surface area contributed by atoms with Crippen molar-refractivity contribution in [2.24, 2.45) is 5.73 Å². The molecule has 0 saturated heterocycles. The molecule has 0 aliphatic rings. The molecular formula is C15H24NO4P. The van der Waals surface area contributed by atoms with Gasteiger partial charge in [-0.25, -0.2) is 0 Å². The van der Waals surface area contributed by atoms with E-state index < -0.39 is 13.6 Å². The van der Waals surface area contributed by atoms with E-state index in [0.29, 0.717) is 19.6 Å². The van der Waals surface area contributed by atoms with E-state index in [2.05, 4.69) is 0 Å². The van der Waals surface area contributed by atoms with Crippen LogP contribution in [0.15, 0.2) is 24.3 Å². The Hall–Kier alpha value is -1.00. The van der Waals surface area contributed by atoms with Crippen molar-refractivity contribution < 1.29 is 18.4 Å². The summed E-state index contributed by atoms with van der Waals surface area (Å²) in [4.78, 5) is 11.2. The summed E-state index contributed by atoms with van der Waals surface area (Å²) < 4.78 is 23.0. The number of hydrogen-bond donors (Lipinski definition) is 1. The van der Waals surface area contributed by atoms with E-state index in [9.17, 15) is 9.36 Å². The molecule has 0 unspecified atom stereocenters. The minimum absolute atomic E-state index is 0.0312. The molecule has 6 heteroatoms. The average molecular weight is 313 g/mol. The second-order valence-corrected chi connectivity index (χ2v) is 6.90. The van der Waals surface area contributed by atoms with Crippen molar-refractivity contribution in [2.45, 2.75) is 39.4 Å². The van der Waals surface area contributed by atoms with E-state index in [1.165, 1.54) is 6.92 Å². The SMILES string of the molecule is CCOP(=O)(Cc1ccc(C[C@H](N)C(C)=O)cc1)OCC. The van der Waals surface area contributed by atoms with Crippen molar-refractivity contribution in [2.75, 3.05) is 13.2 Å². The van der Waals surface area contributed by atoms with Gasteiger partial charge >= 0.3 is 7.60 Å². The molecule has 0 fully saturated rings. The molecule has 0 heterocycles. The van der Waals surface area contributed by atoms with Gasteiger partial charge in [0.25, 0.3) is 0 Å². The van der Waals surface area contributed by atoms with Gasteiger partial charge < -0.3 is 14.8 Å². The van der Waals surface area contributed by atoms with Crippen molar-refractivity contribution in [3.8, 4) is 0 Å². The number of rotatable bonds is 9. The van der Waals surface area contributed by atoms with Gasteiger partial charge in [0.1, 0.15) is 5.78 Å². The predicted molar refractivity (Wildman–Crippen MR) is 83.4 cm³/mol. The molecule has 2 N–H and O–H groups in total. The Morgan fingerprint density at radius 1 is 1.14 bits per heavy atom. The van der Waals surface area contributed by atoms with E-state index in [-0.39, 0.29) is 11.9 Å². The highest BCUT2D eigenvalue weighted by Crippen LogP contribution is 2.51. The molecule has 21 heavy (non-hydrogen) atoms. The number of nitrogens with two attached hydrogens (primary N) is 1. The van der Waals surface area contributed by atoms with Crippen molar-refractivity contribution >= 4 is 13.4 Å². The van der Waals surface area contributed by atoms with Crippen LogP contribution in [-0.2, 0) is 31.0 Å². The van der Waals surface area contributed by atoms with Gasteiger partial charge in [0.05, 0.1) is 25.4 Å². The third-order valence-corrected chi connectivity index (χ3v) is 5.08. The van der Waals surface area contributed by atoms with Crippen LogP contribution < -0.4 is 5.73 Å². The zero-order valence-corrected chi connectivity index (χ0v) is 13.8. The Bertz CT molecular complexity index is 491. The van der Waals surface area contributed by atoms with Gasteiger partial charge in [0.15, 0.2) is 0 Å². The fraction of sp³-hybridized carbons (Fsp3) is 0.533. The number of carbonyl (C=O) groups excluding carboxylic acids is 1. The number of carbonyl (C=O) groups is 1. The van der Waals surface area contributed by atoms with Crippen LogP contribution in [0.5, 0.6) is 0 Å². The van der Waals surface area contributed by atoms with Gasteiger partial charge in [0, 0.05) is 0 Å². The Labute approximate surface area is 126 Å². The lowest BCUT2D eigenvalue weighted by Crippen LogP contribution is -2.30. The van der Waals surface area contributed by atoms with Crippen molar-refractivity contribution in [3.63, 3.8) is 0 Å². The van der Waals surface area contributed by atoms with E-state index in [0.717, 1.165) is 11.1 Å². The molecule has 0 amide bonds. The van der Waals surface area contributed by atoms with Gasteiger partial charge in [-0.3, -0.25) is 9.36 Å². The summed E-state index contributed by atoms with van der Waals surface area (Å²) in [5.74, 6) is -0.0312. The maximum Gasteiger partial charge on any atom is 0.335 e. The van der Waals surface area contributed by atoms with E-state index in [4.69, 9.17) is 14.8 Å². The summed E-state index contributed by atoms with van der Waals surface area (Å²) in [5.41, 5.74) is 7.58. The molecule has 1 aromatic rings. The minimum atomic E-state index is -3.08. The Morgan fingerprint density at radius 3 is 2.05 bits per heavy atom. The highest BCUT2D eigenvalue weighted by Gasteiger charge is 2.23. The van der Waals surface area contributed by atoms with E-state index >= 15 is 0 Å². The highest BCUT2D eigenvalue weighted by molar-refractivity contribution is 7.53. The van der Waals surface area contributed by atoms with Crippen molar-refractivity contribution in [3.05, 3.63) is 35.4 Å².